The Morgan fingerprint density at radius 3 is 1.69 bits per heavy atom. The van der Waals surface area contributed by atoms with Crippen molar-refractivity contribution in [2.75, 3.05) is 16.9 Å². The average molecular weight is 365 g/mol. The van der Waals surface area contributed by atoms with Crippen LogP contribution in [0.1, 0.15) is 11.1 Å². The van der Waals surface area contributed by atoms with E-state index in [0.29, 0.717) is 29.9 Å². The number of nitroso groups, excluding NO2 is 1. The highest BCUT2D eigenvalue weighted by Gasteiger charge is 2.15. The van der Waals surface area contributed by atoms with Crippen molar-refractivity contribution in [2.24, 2.45) is 5.18 Å². The number of nitrogens with one attached hydrogen (secondary N) is 2. The molecular formula is C19H19N5OS. The number of thioether (sulfide) groups is 1. The molecule has 0 amide bonds. The van der Waals surface area contributed by atoms with Gasteiger partial charge in [-0.1, -0.05) is 72.4 Å². The summed E-state index contributed by atoms with van der Waals surface area (Å²) in [5.74, 6) is 0.859. The van der Waals surface area contributed by atoms with E-state index in [1.807, 2.05) is 66.9 Å². The quantitative estimate of drug-likeness (QED) is 0.338. The Morgan fingerprint density at radius 1 is 0.846 bits per heavy atom. The molecule has 0 spiro atoms. The second-order valence-electron chi connectivity index (χ2n) is 5.53. The van der Waals surface area contributed by atoms with Gasteiger partial charge in [-0.3, -0.25) is 0 Å². The van der Waals surface area contributed by atoms with Crippen LogP contribution < -0.4 is 10.6 Å². The summed E-state index contributed by atoms with van der Waals surface area (Å²) in [5, 5.41) is 10.1. The van der Waals surface area contributed by atoms with Crippen molar-refractivity contribution in [1.82, 2.24) is 9.97 Å². The van der Waals surface area contributed by atoms with Crippen molar-refractivity contribution < 1.29 is 0 Å². The molecule has 6 nitrogen and oxygen atoms in total. The molecule has 0 aliphatic heterocycles. The number of hydrogen-bond donors (Lipinski definition) is 2. The lowest BCUT2D eigenvalue weighted by atomic mass is 10.2. The largest absolute Gasteiger partial charge is 0.364 e. The number of nitrogens with zero attached hydrogens (tertiary/aromatic N) is 3. The van der Waals surface area contributed by atoms with Crippen LogP contribution in [0.5, 0.6) is 0 Å². The van der Waals surface area contributed by atoms with Crippen LogP contribution in [0.2, 0.25) is 0 Å². The third-order valence-electron chi connectivity index (χ3n) is 3.74. The summed E-state index contributed by atoms with van der Waals surface area (Å²) >= 11 is 1.41. The number of aromatic nitrogens is 2. The molecule has 1 aromatic heterocycles. The van der Waals surface area contributed by atoms with E-state index in [4.69, 9.17) is 0 Å². The maximum atomic E-state index is 11.5. The Morgan fingerprint density at radius 2 is 1.31 bits per heavy atom. The highest BCUT2D eigenvalue weighted by Crippen LogP contribution is 2.33. The van der Waals surface area contributed by atoms with Gasteiger partial charge in [0.1, 0.15) is 0 Å². The Hall–Kier alpha value is -2.93. The summed E-state index contributed by atoms with van der Waals surface area (Å²) in [4.78, 5) is 20.3. The SMILES string of the molecule is CSc1nc(NCc2ccccc2)c(N=O)c(NCc2ccccc2)n1. The van der Waals surface area contributed by atoms with Crippen LogP contribution in [0.4, 0.5) is 17.3 Å². The van der Waals surface area contributed by atoms with E-state index < -0.39 is 0 Å². The molecule has 1 heterocycles. The van der Waals surface area contributed by atoms with Crippen LogP contribution in [0.3, 0.4) is 0 Å². The Balaban J connectivity index is 1.82. The molecule has 2 N–H and O–H groups in total. The molecule has 0 aliphatic rings. The van der Waals surface area contributed by atoms with Gasteiger partial charge in [0, 0.05) is 13.1 Å². The minimum Gasteiger partial charge on any atom is -0.364 e. The van der Waals surface area contributed by atoms with E-state index >= 15 is 0 Å². The van der Waals surface area contributed by atoms with E-state index in [1.54, 1.807) is 0 Å². The molecule has 0 radical (unpaired) electrons. The van der Waals surface area contributed by atoms with Gasteiger partial charge in [-0.25, -0.2) is 9.97 Å². The van der Waals surface area contributed by atoms with Crippen LogP contribution in [0, 0.1) is 4.91 Å². The normalized spacial score (nSPS) is 10.3. The molecule has 0 unspecified atom stereocenters. The van der Waals surface area contributed by atoms with E-state index in [-0.39, 0.29) is 5.69 Å². The van der Waals surface area contributed by atoms with Crippen LogP contribution in [-0.4, -0.2) is 16.2 Å². The fourth-order valence-electron chi connectivity index (χ4n) is 2.42. The molecule has 26 heavy (non-hydrogen) atoms. The van der Waals surface area contributed by atoms with Crippen LogP contribution in [0.15, 0.2) is 71.0 Å². The van der Waals surface area contributed by atoms with Gasteiger partial charge in [0.05, 0.1) is 0 Å². The molecule has 0 aliphatic carbocycles. The molecule has 0 saturated carbocycles. The minimum atomic E-state index is 0.190. The minimum absolute atomic E-state index is 0.190. The van der Waals surface area contributed by atoms with E-state index in [1.165, 1.54) is 11.8 Å². The number of anilines is 2. The van der Waals surface area contributed by atoms with E-state index in [2.05, 4.69) is 25.8 Å². The van der Waals surface area contributed by atoms with Crippen molar-refractivity contribution in [3.63, 3.8) is 0 Å². The predicted octanol–water partition coefficient (Wildman–Crippen LogP) is 4.82. The van der Waals surface area contributed by atoms with Gasteiger partial charge < -0.3 is 10.6 Å². The summed E-state index contributed by atoms with van der Waals surface area (Å²) in [5.41, 5.74) is 2.37. The fraction of sp³-hybridized carbons (Fsp3) is 0.158. The highest BCUT2D eigenvalue weighted by molar-refractivity contribution is 7.98. The monoisotopic (exact) mass is 365 g/mol. The van der Waals surface area contributed by atoms with Crippen LogP contribution in [0.25, 0.3) is 0 Å². The van der Waals surface area contributed by atoms with Gasteiger partial charge in [0.25, 0.3) is 0 Å². The molecule has 0 fully saturated rings. The van der Waals surface area contributed by atoms with Gasteiger partial charge in [-0.05, 0) is 22.6 Å². The fourth-order valence-corrected chi connectivity index (χ4v) is 2.79. The summed E-state index contributed by atoms with van der Waals surface area (Å²) in [6.07, 6.45) is 1.89. The van der Waals surface area contributed by atoms with Crippen LogP contribution in [-0.2, 0) is 13.1 Å². The van der Waals surface area contributed by atoms with E-state index in [9.17, 15) is 4.91 Å². The zero-order chi connectivity index (χ0) is 18.2. The second kappa shape index (κ2) is 8.96. The molecular weight excluding hydrogens is 346 g/mol. The van der Waals surface area contributed by atoms with E-state index in [0.717, 1.165) is 11.1 Å². The maximum absolute atomic E-state index is 11.5. The standard InChI is InChI=1S/C19H19N5OS/c1-26-19-22-17(20-12-14-8-4-2-5-9-14)16(24-25)18(23-19)21-13-15-10-6-3-7-11-15/h2-11H,12-13H2,1H3,(H2,20,21,22,23). The lowest BCUT2D eigenvalue weighted by molar-refractivity contribution is 0.943. The van der Waals surface area contributed by atoms with Crippen LogP contribution >= 0.6 is 11.8 Å². The molecule has 2 aromatic carbocycles. The Kier molecular flexibility index (Phi) is 6.16. The summed E-state index contributed by atoms with van der Waals surface area (Å²) < 4.78 is 0. The molecule has 132 valence electrons. The van der Waals surface area contributed by atoms with Gasteiger partial charge in [-0.15, -0.1) is 4.91 Å². The third-order valence-corrected chi connectivity index (χ3v) is 4.29. The molecule has 7 heteroatoms. The summed E-state index contributed by atoms with van der Waals surface area (Å²) in [6, 6.07) is 19.8. The Labute approximate surface area is 156 Å². The Bertz CT molecular complexity index is 794. The first-order chi connectivity index (χ1) is 12.8. The zero-order valence-electron chi connectivity index (χ0n) is 14.3. The topological polar surface area (TPSA) is 79.3 Å². The summed E-state index contributed by atoms with van der Waals surface area (Å²) in [7, 11) is 0. The smallest absolute Gasteiger partial charge is 0.192 e. The molecule has 0 saturated heterocycles. The molecule has 3 aromatic rings. The van der Waals surface area contributed by atoms with Gasteiger partial charge in [-0.2, -0.15) is 0 Å². The first-order valence-corrected chi connectivity index (χ1v) is 9.37. The molecule has 0 atom stereocenters. The van der Waals surface area contributed by atoms with Crippen molar-refractivity contribution in [3.8, 4) is 0 Å². The third kappa shape index (κ3) is 4.58. The first-order valence-electron chi connectivity index (χ1n) is 8.15. The zero-order valence-corrected chi connectivity index (χ0v) is 15.2. The molecule has 0 bridgehead atoms. The average Bonchev–Trinajstić information content (AvgIpc) is 2.71. The maximum Gasteiger partial charge on any atom is 0.192 e. The van der Waals surface area contributed by atoms with Crippen molar-refractivity contribution in [3.05, 3.63) is 76.7 Å². The predicted molar refractivity (Wildman–Crippen MR) is 107 cm³/mol. The van der Waals surface area contributed by atoms with Gasteiger partial charge in [0.15, 0.2) is 22.5 Å². The lowest BCUT2D eigenvalue weighted by Gasteiger charge is -2.13. The van der Waals surface area contributed by atoms with Crippen molar-refractivity contribution in [1.29, 1.82) is 0 Å². The number of rotatable bonds is 8. The first kappa shape index (κ1) is 17.9. The highest BCUT2D eigenvalue weighted by atomic mass is 32.2. The van der Waals surface area contributed by atoms with Gasteiger partial charge >= 0.3 is 0 Å². The lowest BCUT2D eigenvalue weighted by Crippen LogP contribution is -2.07. The number of benzene rings is 2. The van der Waals surface area contributed by atoms with Crippen molar-refractivity contribution in [2.45, 2.75) is 18.2 Å². The molecule has 3 rings (SSSR count). The second-order valence-corrected chi connectivity index (χ2v) is 6.30. The number of hydrogen-bond acceptors (Lipinski definition) is 7. The summed E-state index contributed by atoms with van der Waals surface area (Å²) in [6.45, 7) is 1.10. The van der Waals surface area contributed by atoms with Crippen molar-refractivity contribution >= 4 is 29.1 Å². The van der Waals surface area contributed by atoms with Gasteiger partial charge in [0.2, 0.25) is 0 Å².